The van der Waals surface area contributed by atoms with Crippen LogP contribution in [-0.2, 0) is 4.79 Å². The van der Waals surface area contributed by atoms with Gasteiger partial charge in [0.05, 0.1) is 14.9 Å². The van der Waals surface area contributed by atoms with Gasteiger partial charge in [0.15, 0.2) is 0 Å². The van der Waals surface area contributed by atoms with Gasteiger partial charge in [0.1, 0.15) is 0 Å². The Morgan fingerprint density at radius 1 is 1.03 bits per heavy atom. The largest absolute Gasteiger partial charge is 0.321 e. The van der Waals surface area contributed by atoms with Crippen LogP contribution in [0.1, 0.15) is 40.1 Å². The van der Waals surface area contributed by atoms with Crippen molar-refractivity contribution in [1.29, 1.82) is 0 Å². The van der Waals surface area contributed by atoms with Crippen LogP contribution in [0.15, 0.2) is 71.8 Å². The minimum atomic E-state index is -0.199. The summed E-state index contributed by atoms with van der Waals surface area (Å²) in [5.41, 5.74) is 6.11. The third-order valence-corrected chi connectivity index (χ3v) is 6.28. The molecule has 0 aliphatic heterocycles. The van der Waals surface area contributed by atoms with Crippen molar-refractivity contribution < 1.29 is 9.59 Å². The lowest BCUT2D eigenvalue weighted by Gasteiger charge is -2.06. The Labute approximate surface area is 183 Å². The Morgan fingerprint density at radius 2 is 1.77 bits per heavy atom. The molecule has 1 heterocycles. The van der Waals surface area contributed by atoms with Gasteiger partial charge in [-0.05, 0) is 54.7 Å². The summed E-state index contributed by atoms with van der Waals surface area (Å²) in [6, 6.07) is 20.8. The van der Waals surface area contributed by atoms with Gasteiger partial charge in [-0.15, -0.1) is 11.3 Å². The van der Waals surface area contributed by atoms with Crippen LogP contribution in [0, 0.1) is 5.92 Å². The van der Waals surface area contributed by atoms with Crippen molar-refractivity contribution in [3.63, 3.8) is 0 Å². The van der Waals surface area contributed by atoms with E-state index < -0.39 is 0 Å². The molecule has 2 N–H and O–H groups in total. The third kappa shape index (κ3) is 4.78. The lowest BCUT2D eigenvalue weighted by Crippen LogP contribution is -2.21. The van der Waals surface area contributed by atoms with Crippen molar-refractivity contribution in [3.05, 3.63) is 87.1 Å². The first-order valence-corrected chi connectivity index (χ1v) is 10.8. The summed E-state index contributed by atoms with van der Waals surface area (Å²) in [6.07, 6.45) is 0.855. The van der Waals surface area contributed by atoms with E-state index in [1.54, 1.807) is 24.3 Å². The zero-order valence-electron chi connectivity index (χ0n) is 16.3. The monoisotopic (exact) mass is 437 g/mol. The molecule has 3 aromatic rings. The topological polar surface area (TPSA) is 70.6 Å². The molecule has 1 aliphatic carbocycles. The third-order valence-electron chi connectivity index (χ3n) is 5.05. The highest BCUT2D eigenvalue weighted by Crippen LogP contribution is 2.47. The zero-order chi connectivity index (χ0) is 21.1. The van der Waals surface area contributed by atoms with E-state index in [9.17, 15) is 9.59 Å². The van der Waals surface area contributed by atoms with E-state index in [1.807, 2.05) is 37.3 Å². The van der Waals surface area contributed by atoms with E-state index in [0.29, 0.717) is 20.6 Å². The van der Waals surface area contributed by atoms with Gasteiger partial charge in [-0.1, -0.05) is 54.1 Å². The molecular formula is C23H20ClN3O2S. The van der Waals surface area contributed by atoms with Gasteiger partial charge in [0, 0.05) is 11.6 Å². The van der Waals surface area contributed by atoms with E-state index >= 15 is 0 Å². The summed E-state index contributed by atoms with van der Waals surface area (Å²) in [5.74, 6) is 0.00604. The van der Waals surface area contributed by atoms with Crippen molar-refractivity contribution >= 4 is 46.2 Å². The number of anilines is 1. The SMILES string of the molecule is C/C(=N\NC(=O)[C@@H]1C[C@H]1c1ccccc1)c1ccc(NC(=O)c2ccc(Cl)s2)cc1. The number of thiophene rings is 1. The van der Waals surface area contributed by atoms with E-state index in [0.717, 1.165) is 12.0 Å². The van der Waals surface area contributed by atoms with Crippen LogP contribution in [0.5, 0.6) is 0 Å². The smallest absolute Gasteiger partial charge is 0.265 e. The normalized spacial score (nSPS) is 18.0. The molecule has 1 saturated carbocycles. The van der Waals surface area contributed by atoms with Crippen LogP contribution < -0.4 is 10.7 Å². The lowest BCUT2D eigenvalue weighted by atomic mass is 10.1. The molecule has 0 unspecified atom stereocenters. The molecule has 0 saturated heterocycles. The standard InChI is InChI=1S/C23H20ClN3O2S/c1-14(26-27-22(28)19-13-18(19)16-5-3-2-4-6-16)15-7-9-17(10-8-15)25-23(29)20-11-12-21(24)30-20/h2-12,18-19H,13H2,1H3,(H,25,29)(H,27,28)/b26-14+/t18-,19+/m0/s1. The molecule has 30 heavy (non-hydrogen) atoms. The highest BCUT2D eigenvalue weighted by atomic mass is 35.5. The van der Waals surface area contributed by atoms with Gasteiger partial charge in [0.25, 0.3) is 5.91 Å². The van der Waals surface area contributed by atoms with Crippen LogP contribution in [0.25, 0.3) is 0 Å². The maximum atomic E-state index is 12.4. The number of nitrogens with zero attached hydrogens (tertiary/aromatic N) is 1. The van der Waals surface area contributed by atoms with Crippen LogP contribution in [0.3, 0.4) is 0 Å². The quantitative estimate of drug-likeness (QED) is 0.406. The number of hydrogen-bond acceptors (Lipinski definition) is 4. The molecule has 0 radical (unpaired) electrons. The van der Waals surface area contributed by atoms with Gasteiger partial charge in [-0.25, -0.2) is 5.43 Å². The predicted octanol–water partition coefficient (Wildman–Crippen LogP) is 5.30. The number of carbonyl (C=O) groups excluding carboxylic acids is 2. The first-order chi connectivity index (χ1) is 14.5. The molecule has 1 aliphatic rings. The Kier molecular flexibility index (Phi) is 5.97. The van der Waals surface area contributed by atoms with Crippen molar-refractivity contribution in [1.82, 2.24) is 5.43 Å². The fraction of sp³-hybridized carbons (Fsp3) is 0.174. The maximum absolute atomic E-state index is 12.4. The van der Waals surface area contributed by atoms with Gasteiger partial charge in [-0.3, -0.25) is 9.59 Å². The molecule has 2 atom stereocenters. The average molecular weight is 438 g/mol. The molecular weight excluding hydrogens is 418 g/mol. The summed E-state index contributed by atoms with van der Waals surface area (Å²) in [4.78, 5) is 25.1. The lowest BCUT2D eigenvalue weighted by molar-refractivity contribution is -0.122. The van der Waals surface area contributed by atoms with E-state index in [-0.39, 0.29) is 23.7 Å². The first kappa shape index (κ1) is 20.3. The second kappa shape index (κ2) is 8.81. The van der Waals surface area contributed by atoms with Gasteiger partial charge >= 0.3 is 0 Å². The molecule has 7 heteroatoms. The van der Waals surface area contributed by atoms with E-state index in [2.05, 4.69) is 28.0 Å². The Morgan fingerprint density at radius 3 is 2.43 bits per heavy atom. The zero-order valence-corrected chi connectivity index (χ0v) is 17.8. The highest BCUT2D eigenvalue weighted by Gasteiger charge is 2.43. The molecule has 2 aromatic carbocycles. The van der Waals surface area contributed by atoms with Crippen LogP contribution in [-0.4, -0.2) is 17.5 Å². The number of benzene rings is 2. The van der Waals surface area contributed by atoms with Gasteiger partial charge in [0.2, 0.25) is 5.91 Å². The van der Waals surface area contributed by atoms with Crippen molar-refractivity contribution in [2.24, 2.45) is 11.0 Å². The Hall–Kier alpha value is -2.96. The molecule has 152 valence electrons. The van der Waals surface area contributed by atoms with Gasteiger partial charge in [-0.2, -0.15) is 5.10 Å². The number of hydrazone groups is 1. The predicted molar refractivity (Wildman–Crippen MR) is 121 cm³/mol. The number of halogens is 1. The van der Waals surface area contributed by atoms with Crippen molar-refractivity contribution in [2.45, 2.75) is 19.3 Å². The van der Waals surface area contributed by atoms with Crippen LogP contribution >= 0.6 is 22.9 Å². The first-order valence-electron chi connectivity index (χ1n) is 9.57. The average Bonchev–Trinajstić information content (AvgIpc) is 3.46. The number of nitrogens with one attached hydrogen (secondary N) is 2. The highest BCUT2D eigenvalue weighted by molar-refractivity contribution is 7.18. The fourth-order valence-electron chi connectivity index (χ4n) is 3.26. The summed E-state index contributed by atoms with van der Waals surface area (Å²) < 4.78 is 0.575. The Bertz CT molecular complexity index is 1090. The summed E-state index contributed by atoms with van der Waals surface area (Å²) in [6.45, 7) is 1.84. The number of amides is 2. The number of rotatable bonds is 6. The van der Waals surface area contributed by atoms with E-state index in [1.165, 1.54) is 16.9 Å². The van der Waals surface area contributed by atoms with Gasteiger partial charge < -0.3 is 5.32 Å². The van der Waals surface area contributed by atoms with Crippen LogP contribution in [0.4, 0.5) is 5.69 Å². The minimum absolute atomic E-state index is 0.0210. The van der Waals surface area contributed by atoms with E-state index in [4.69, 9.17) is 11.6 Å². The summed E-state index contributed by atoms with van der Waals surface area (Å²) in [7, 11) is 0. The Balaban J connectivity index is 1.32. The number of carbonyl (C=O) groups is 2. The second-order valence-corrected chi connectivity index (χ2v) is 8.88. The second-order valence-electron chi connectivity index (χ2n) is 7.17. The van der Waals surface area contributed by atoms with Crippen molar-refractivity contribution in [2.75, 3.05) is 5.32 Å². The molecule has 0 spiro atoms. The molecule has 2 amide bonds. The summed E-state index contributed by atoms with van der Waals surface area (Å²) in [5, 5.41) is 7.08. The molecule has 0 bridgehead atoms. The summed E-state index contributed by atoms with van der Waals surface area (Å²) >= 11 is 7.11. The molecule has 5 nitrogen and oxygen atoms in total. The number of hydrogen-bond donors (Lipinski definition) is 2. The molecule has 1 aromatic heterocycles. The van der Waals surface area contributed by atoms with Crippen molar-refractivity contribution in [3.8, 4) is 0 Å². The molecule has 1 fully saturated rings. The van der Waals surface area contributed by atoms with Crippen LogP contribution in [0.2, 0.25) is 4.34 Å². The maximum Gasteiger partial charge on any atom is 0.265 e. The fourth-order valence-corrected chi connectivity index (χ4v) is 4.20. The molecule has 4 rings (SSSR count). The minimum Gasteiger partial charge on any atom is -0.321 e.